The Morgan fingerprint density at radius 1 is 1.03 bits per heavy atom. The summed E-state index contributed by atoms with van der Waals surface area (Å²) >= 11 is 0. The van der Waals surface area contributed by atoms with Gasteiger partial charge in [0.25, 0.3) is 0 Å². The summed E-state index contributed by atoms with van der Waals surface area (Å²) in [7, 11) is 0. The fourth-order valence-corrected chi connectivity index (χ4v) is 3.83. The van der Waals surface area contributed by atoms with Gasteiger partial charge in [-0.05, 0) is 37.8 Å². The minimum atomic E-state index is -0.692. The Morgan fingerprint density at radius 2 is 1.87 bits per heavy atom. The van der Waals surface area contributed by atoms with Crippen LogP contribution in [0.1, 0.15) is 61.1 Å². The summed E-state index contributed by atoms with van der Waals surface area (Å²) in [5.74, 6) is 1.15. The van der Waals surface area contributed by atoms with Crippen LogP contribution in [0.4, 0.5) is 8.78 Å². The Balaban J connectivity index is 1.46. The van der Waals surface area contributed by atoms with E-state index in [0.717, 1.165) is 37.0 Å². The number of rotatable bonds is 4. The van der Waals surface area contributed by atoms with Crippen molar-refractivity contribution < 1.29 is 17.9 Å². The van der Waals surface area contributed by atoms with Crippen LogP contribution in [-0.2, 0) is 4.74 Å². The van der Waals surface area contributed by atoms with E-state index in [1.165, 1.54) is 12.1 Å². The fourth-order valence-electron chi connectivity index (χ4n) is 3.83. The maximum Gasteiger partial charge on any atom is 0.197 e. The topological polar surface area (TPSA) is 61.0 Å². The highest BCUT2D eigenvalue weighted by Gasteiger charge is 2.33. The number of hydrogen-bond acceptors (Lipinski definition) is 5. The molecular formula is C23H21F2N3O2. The molecule has 0 amide bonds. The molecule has 5 nitrogen and oxygen atoms in total. The van der Waals surface area contributed by atoms with Crippen LogP contribution in [0.3, 0.4) is 0 Å². The van der Waals surface area contributed by atoms with Crippen molar-refractivity contribution in [2.75, 3.05) is 6.61 Å². The zero-order chi connectivity index (χ0) is 20.8. The second-order valence-corrected chi connectivity index (χ2v) is 7.94. The molecule has 3 aromatic rings. The van der Waals surface area contributed by atoms with Gasteiger partial charge in [0.1, 0.15) is 23.6 Å². The van der Waals surface area contributed by atoms with Gasteiger partial charge in [-0.3, -0.25) is 0 Å². The Kier molecular flexibility index (Phi) is 4.70. The molecule has 0 bridgehead atoms. The third kappa shape index (κ3) is 3.54. The van der Waals surface area contributed by atoms with E-state index in [0.29, 0.717) is 41.0 Å². The molecule has 154 valence electrons. The fraction of sp³-hybridized carbons (Fsp3) is 0.348. The Labute approximate surface area is 172 Å². The minimum absolute atomic E-state index is 0.0124. The number of benzene rings is 1. The molecule has 0 unspecified atom stereocenters. The van der Waals surface area contributed by atoms with E-state index in [9.17, 15) is 8.78 Å². The van der Waals surface area contributed by atoms with E-state index in [1.54, 1.807) is 6.20 Å². The molecule has 0 radical (unpaired) electrons. The Bertz CT molecular complexity index is 1210. The largest absolute Gasteiger partial charge is 0.443 e. The molecule has 2 fully saturated rings. The zero-order valence-electron chi connectivity index (χ0n) is 16.4. The number of hydrogen-bond donors (Lipinski definition) is 0. The average molecular weight is 409 g/mol. The van der Waals surface area contributed by atoms with Gasteiger partial charge in [-0.15, -0.1) is 0 Å². The molecule has 3 heterocycles. The summed E-state index contributed by atoms with van der Waals surface area (Å²) in [5, 5.41) is 0.856. The van der Waals surface area contributed by atoms with Crippen molar-refractivity contribution in [2.45, 2.75) is 43.6 Å². The van der Waals surface area contributed by atoms with Gasteiger partial charge in [0, 0.05) is 35.3 Å². The SMILES string of the molecule is C=c1nc([C@@H]2CCO[C@H](c3cnc(C4CC4)o3)C2)nc(-c2ccc(F)cc2F)c1=C. The highest BCUT2D eigenvalue weighted by Crippen LogP contribution is 2.42. The molecule has 1 aliphatic heterocycles. The van der Waals surface area contributed by atoms with Crippen LogP contribution in [0.25, 0.3) is 24.4 Å². The van der Waals surface area contributed by atoms with Crippen LogP contribution in [0.15, 0.2) is 28.8 Å². The summed E-state index contributed by atoms with van der Waals surface area (Å²) in [5.41, 5.74) is 0.518. The van der Waals surface area contributed by atoms with Crippen LogP contribution in [0.2, 0.25) is 0 Å². The van der Waals surface area contributed by atoms with Gasteiger partial charge in [0.05, 0.1) is 17.2 Å². The summed E-state index contributed by atoms with van der Waals surface area (Å²) in [6.45, 7) is 8.41. The molecule has 5 rings (SSSR count). The third-order valence-electron chi connectivity index (χ3n) is 5.73. The minimum Gasteiger partial charge on any atom is -0.443 e. The number of oxazole rings is 1. The highest BCUT2D eigenvalue weighted by atomic mass is 19.1. The molecule has 1 saturated heterocycles. The molecule has 2 aromatic heterocycles. The van der Waals surface area contributed by atoms with Gasteiger partial charge in [0.2, 0.25) is 0 Å². The van der Waals surface area contributed by atoms with Crippen LogP contribution in [-0.4, -0.2) is 21.6 Å². The molecule has 1 saturated carbocycles. The van der Waals surface area contributed by atoms with Gasteiger partial charge in [0.15, 0.2) is 11.7 Å². The second-order valence-electron chi connectivity index (χ2n) is 7.94. The first kappa shape index (κ1) is 19.1. The lowest BCUT2D eigenvalue weighted by Crippen LogP contribution is -2.32. The summed E-state index contributed by atoms with van der Waals surface area (Å²) in [6, 6.07) is 3.41. The van der Waals surface area contributed by atoms with Crippen LogP contribution >= 0.6 is 0 Å². The molecule has 30 heavy (non-hydrogen) atoms. The molecule has 0 spiro atoms. The van der Waals surface area contributed by atoms with Gasteiger partial charge in [-0.1, -0.05) is 13.2 Å². The number of ether oxygens (including phenoxy) is 1. The molecular weight excluding hydrogens is 388 g/mol. The number of aromatic nitrogens is 3. The number of halogens is 2. The predicted molar refractivity (Wildman–Crippen MR) is 107 cm³/mol. The highest BCUT2D eigenvalue weighted by molar-refractivity contribution is 5.60. The summed E-state index contributed by atoms with van der Waals surface area (Å²) in [6.07, 6.45) is 5.10. The van der Waals surface area contributed by atoms with E-state index in [2.05, 4.69) is 28.1 Å². The van der Waals surface area contributed by atoms with Crippen molar-refractivity contribution in [1.29, 1.82) is 0 Å². The maximum atomic E-state index is 14.4. The van der Waals surface area contributed by atoms with Gasteiger partial charge in [-0.2, -0.15) is 0 Å². The van der Waals surface area contributed by atoms with Crippen molar-refractivity contribution in [3.63, 3.8) is 0 Å². The van der Waals surface area contributed by atoms with Crippen LogP contribution in [0.5, 0.6) is 0 Å². The monoisotopic (exact) mass is 409 g/mol. The van der Waals surface area contributed by atoms with Gasteiger partial charge in [-0.25, -0.2) is 23.7 Å². The molecule has 7 heteroatoms. The Hall–Kier alpha value is -2.93. The lowest BCUT2D eigenvalue weighted by Gasteiger charge is -2.27. The van der Waals surface area contributed by atoms with Gasteiger partial charge < -0.3 is 9.15 Å². The van der Waals surface area contributed by atoms with Crippen molar-refractivity contribution in [1.82, 2.24) is 15.0 Å². The Morgan fingerprint density at radius 3 is 2.63 bits per heavy atom. The van der Waals surface area contributed by atoms with E-state index in [1.807, 2.05) is 0 Å². The number of nitrogens with zero attached hydrogens (tertiary/aromatic N) is 3. The maximum absolute atomic E-state index is 14.4. The van der Waals surface area contributed by atoms with Crippen molar-refractivity contribution >= 4 is 13.2 Å². The first-order chi connectivity index (χ1) is 14.5. The molecule has 1 aromatic carbocycles. The van der Waals surface area contributed by atoms with E-state index >= 15 is 0 Å². The third-order valence-corrected chi connectivity index (χ3v) is 5.73. The van der Waals surface area contributed by atoms with Gasteiger partial charge >= 0.3 is 0 Å². The quantitative estimate of drug-likeness (QED) is 0.657. The molecule has 2 atom stereocenters. The second kappa shape index (κ2) is 7.40. The van der Waals surface area contributed by atoms with Crippen LogP contribution < -0.4 is 10.6 Å². The predicted octanol–water partition coefficient (Wildman–Crippen LogP) is 3.74. The lowest BCUT2D eigenvalue weighted by molar-refractivity contribution is -0.00903. The van der Waals surface area contributed by atoms with Crippen molar-refractivity contribution in [2.24, 2.45) is 0 Å². The summed E-state index contributed by atoms with van der Waals surface area (Å²) in [4.78, 5) is 13.5. The molecule has 2 aliphatic rings. The van der Waals surface area contributed by atoms with E-state index in [-0.39, 0.29) is 17.6 Å². The lowest BCUT2D eigenvalue weighted by atomic mass is 9.93. The zero-order valence-corrected chi connectivity index (χ0v) is 16.4. The summed E-state index contributed by atoms with van der Waals surface area (Å²) < 4.78 is 39.6. The standard InChI is InChI=1S/C23H21F2N3O2/c1-12-13(2)27-22(28-21(12)17-6-5-16(24)10-18(17)25)15-7-8-29-19(9-15)20-11-26-23(30-20)14-3-4-14/h5-6,10-11,14-15,19H,1-4,7-9H2/t15-,19+/m1/s1. The normalized spacial score (nSPS) is 21.7. The van der Waals surface area contributed by atoms with E-state index < -0.39 is 11.6 Å². The molecule has 1 aliphatic carbocycles. The van der Waals surface area contributed by atoms with Crippen LogP contribution in [0, 0.1) is 11.6 Å². The first-order valence-electron chi connectivity index (χ1n) is 10.1. The first-order valence-corrected chi connectivity index (χ1v) is 10.1. The van der Waals surface area contributed by atoms with E-state index in [4.69, 9.17) is 9.15 Å². The smallest absolute Gasteiger partial charge is 0.197 e. The van der Waals surface area contributed by atoms with Crippen molar-refractivity contribution in [3.8, 4) is 11.3 Å². The average Bonchev–Trinajstić information content (AvgIpc) is 3.47. The van der Waals surface area contributed by atoms with Crippen molar-refractivity contribution in [3.05, 3.63) is 64.1 Å². The molecule has 0 N–H and O–H groups in total.